The third kappa shape index (κ3) is 4.42. The first-order valence-electron chi connectivity index (χ1n) is 9.21. The standard InChI is InChI=1S/C19H24N2S.CH4O3S/c1-3-7-20-10-13(2)8-16-15-5-4-6-17-19(15)14(9-18(16)20)11-21(17)12-22;1-5(2,3)4/h3-6,11,13,16,18,22H,1,7-10,12H2,2H3;1H3,(H,2,3,4)/t13?,16-,18-;/m1./s1. The van der Waals surface area contributed by atoms with Crippen molar-refractivity contribution in [3.05, 3.63) is 48.2 Å². The third-order valence-electron chi connectivity index (χ3n) is 5.50. The highest BCUT2D eigenvalue weighted by Crippen LogP contribution is 2.45. The van der Waals surface area contributed by atoms with Gasteiger partial charge in [0, 0.05) is 42.1 Å². The number of thiol groups is 1. The van der Waals surface area contributed by atoms with Crippen molar-refractivity contribution in [3.63, 3.8) is 0 Å². The van der Waals surface area contributed by atoms with Crippen LogP contribution in [-0.4, -0.2) is 47.8 Å². The number of fused-ring (bicyclic) bond motifs is 2. The minimum Gasteiger partial charge on any atom is -0.338 e. The first-order chi connectivity index (χ1) is 12.7. The molecule has 1 aliphatic heterocycles. The van der Waals surface area contributed by atoms with Gasteiger partial charge in [-0.3, -0.25) is 9.45 Å². The van der Waals surface area contributed by atoms with Crippen LogP contribution < -0.4 is 0 Å². The van der Waals surface area contributed by atoms with Gasteiger partial charge in [0.2, 0.25) is 0 Å². The van der Waals surface area contributed by atoms with E-state index in [1.54, 1.807) is 5.56 Å². The summed E-state index contributed by atoms with van der Waals surface area (Å²) >= 11 is 4.50. The molecular formula is C20H28N2O3S2. The second kappa shape index (κ2) is 7.99. The van der Waals surface area contributed by atoms with Crippen molar-refractivity contribution in [1.29, 1.82) is 0 Å². The minimum absolute atomic E-state index is 0.628. The van der Waals surface area contributed by atoms with Crippen molar-refractivity contribution in [3.8, 4) is 0 Å². The molecule has 0 bridgehead atoms. The molecule has 4 rings (SSSR count). The Kier molecular flexibility index (Phi) is 6.05. The van der Waals surface area contributed by atoms with E-state index < -0.39 is 10.1 Å². The molecule has 1 N–H and O–H groups in total. The van der Waals surface area contributed by atoms with E-state index in [0.717, 1.165) is 18.3 Å². The first kappa shape index (κ1) is 20.5. The number of piperidine rings is 1. The molecule has 3 atom stereocenters. The number of rotatable bonds is 3. The van der Waals surface area contributed by atoms with E-state index in [-0.39, 0.29) is 0 Å². The van der Waals surface area contributed by atoms with Crippen molar-refractivity contribution < 1.29 is 13.0 Å². The highest BCUT2D eigenvalue weighted by atomic mass is 32.2. The molecule has 5 nitrogen and oxygen atoms in total. The van der Waals surface area contributed by atoms with Crippen molar-refractivity contribution in [1.82, 2.24) is 9.47 Å². The third-order valence-corrected chi connectivity index (χ3v) is 5.80. The normalized spacial score (nSPS) is 24.8. The summed E-state index contributed by atoms with van der Waals surface area (Å²) in [5, 5.41) is 1.51. The number of aromatic nitrogens is 1. The molecule has 0 saturated carbocycles. The van der Waals surface area contributed by atoms with E-state index >= 15 is 0 Å². The summed E-state index contributed by atoms with van der Waals surface area (Å²) < 4.78 is 28.2. The fourth-order valence-electron chi connectivity index (χ4n) is 4.71. The molecule has 1 unspecified atom stereocenters. The van der Waals surface area contributed by atoms with Gasteiger partial charge in [-0.1, -0.05) is 25.1 Å². The summed E-state index contributed by atoms with van der Waals surface area (Å²) in [5.74, 6) is 2.17. The summed E-state index contributed by atoms with van der Waals surface area (Å²) in [6.07, 6.45) is 7.57. The molecule has 27 heavy (non-hydrogen) atoms. The van der Waals surface area contributed by atoms with Gasteiger partial charge in [0.1, 0.15) is 0 Å². The van der Waals surface area contributed by atoms with Gasteiger partial charge in [-0.15, -0.1) is 6.58 Å². The Hall–Kier alpha value is -1.28. The predicted octanol–water partition coefficient (Wildman–Crippen LogP) is 3.57. The molecule has 1 fully saturated rings. The van der Waals surface area contributed by atoms with Crippen LogP contribution in [0.4, 0.5) is 0 Å². The predicted molar refractivity (Wildman–Crippen MR) is 114 cm³/mol. The highest BCUT2D eigenvalue weighted by Gasteiger charge is 2.39. The molecule has 2 aromatic rings. The first-order valence-corrected chi connectivity index (χ1v) is 11.7. The molecule has 1 aliphatic carbocycles. The highest BCUT2D eigenvalue weighted by molar-refractivity contribution is 7.85. The van der Waals surface area contributed by atoms with Crippen LogP contribution in [-0.2, 0) is 22.4 Å². The second-order valence-electron chi connectivity index (χ2n) is 7.70. The number of likely N-dealkylation sites (tertiary alicyclic amines) is 1. The van der Waals surface area contributed by atoms with Crippen LogP contribution in [0.1, 0.15) is 30.4 Å². The quantitative estimate of drug-likeness (QED) is 0.463. The molecular weight excluding hydrogens is 380 g/mol. The summed E-state index contributed by atoms with van der Waals surface area (Å²) in [7, 11) is -3.67. The van der Waals surface area contributed by atoms with E-state index in [1.807, 2.05) is 0 Å². The second-order valence-corrected chi connectivity index (χ2v) is 9.45. The summed E-state index contributed by atoms with van der Waals surface area (Å²) in [6, 6.07) is 7.45. The van der Waals surface area contributed by atoms with Gasteiger partial charge in [0.05, 0.1) is 12.1 Å². The van der Waals surface area contributed by atoms with E-state index in [9.17, 15) is 8.42 Å². The molecule has 1 aromatic heterocycles. The number of hydrogen-bond donors (Lipinski definition) is 2. The van der Waals surface area contributed by atoms with E-state index in [0.29, 0.717) is 18.2 Å². The van der Waals surface area contributed by atoms with E-state index in [2.05, 4.69) is 66.1 Å². The van der Waals surface area contributed by atoms with Gasteiger partial charge >= 0.3 is 0 Å². The molecule has 0 spiro atoms. The lowest BCUT2D eigenvalue weighted by Gasteiger charge is -2.46. The summed E-state index contributed by atoms with van der Waals surface area (Å²) in [5.41, 5.74) is 4.42. The number of benzene rings is 1. The Morgan fingerprint density at radius 2 is 2.11 bits per heavy atom. The molecule has 0 amide bonds. The maximum Gasteiger partial charge on any atom is 0.261 e. The lowest BCUT2D eigenvalue weighted by molar-refractivity contribution is 0.104. The van der Waals surface area contributed by atoms with Crippen LogP contribution in [0.2, 0.25) is 0 Å². The molecule has 148 valence electrons. The van der Waals surface area contributed by atoms with Crippen LogP contribution in [0.15, 0.2) is 37.1 Å². The average Bonchev–Trinajstić information content (AvgIpc) is 2.94. The van der Waals surface area contributed by atoms with Crippen LogP contribution in [0.5, 0.6) is 0 Å². The number of hydrogen-bond acceptors (Lipinski definition) is 4. The van der Waals surface area contributed by atoms with Crippen LogP contribution >= 0.6 is 12.6 Å². The Labute approximate surface area is 167 Å². The Morgan fingerprint density at radius 3 is 2.74 bits per heavy atom. The topological polar surface area (TPSA) is 62.5 Å². The largest absolute Gasteiger partial charge is 0.338 e. The Balaban J connectivity index is 0.000000376. The van der Waals surface area contributed by atoms with Gasteiger partial charge in [0.25, 0.3) is 10.1 Å². The van der Waals surface area contributed by atoms with Crippen molar-refractivity contribution in [2.24, 2.45) is 5.92 Å². The van der Waals surface area contributed by atoms with Gasteiger partial charge in [-0.25, -0.2) is 0 Å². The zero-order valence-electron chi connectivity index (χ0n) is 15.9. The molecule has 1 aromatic carbocycles. The smallest absolute Gasteiger partial charge is 0.261 e. The lowest BCUT2D eigenvalue weighted by atomic mass is 9.72. The molecule has 7 heteroatoms. The van der Waals surface area contributed by atoms with Gasteiger partial charge in [-0.05, 0) is 36.0 Å². The minimum atomic E-state index is -3.67. The molecule has 2 aliphatic rings. The van der Waals surface area contributed by atoms with Crippen LogP contribution in [0.3, 0.4) is 0 Å². The van der Waals surface area contributed by atoms with Crippen molar-refractivity contribution in [2.45, 2.75) is 37.6 Å². The monoisotopic (exact) mass is 408 g/mol. The SMILES string of the molecule is C=CCN1CC(C)C[C@@H]2c3cccc4c3c(cn4CS)C[C@H]21.CS(=O)(=O)O. The van der Waals surface area contributed by atoms with Gasteiger partial charge in [0.15, 0.2) is 0 Å². The average molecular weight is 409 g/mol. The number of nitrogens with zero attached hydrogens (tertiary/aromatic N) is 2. The summed E-state index contributed by atoms with van der Waals surface area (Å²) in [6.45, 7) is 8.56. The maximum absolute atomic E-state index is 9.19. The van der Waals surface area contributed by atoms with Gasteiger partial charge < -0.3 is 4.57 Å². The fourth-order valence-corrected chi connectivity index (χ4v) is 4.95. The van der Waals surface area contributed by atoms with Crippen molar-refractivity contribution in [2.75, 3.05) is 19.3 Å². The van der Waals surface area contributed by atoms with Crippen molar-refractivity contribution >= 4 is 33.6 Å². The summed E-state index contributed by atoms with van der Waals surface area (Å²) in [4.78, 5) is 2.64. The Morgan fingerprint density at radius 1 is 1.41 bits per heavy atom. The molecule has 0 radical (unpaired) electrons. The molecule has 1 saturated heterocycles. The maximum atomic E-state index is 9.19. The van der Waals surface area contributed by atoms with Crippen LogP contribution in [0, 0.1) is 5.92 Å². The fraction of sp³-hybridized carbons (Fsp3) is 0.500. The molecule has 2 heterocycles. The van der Waals surface area contributed by atoms with Crippen LogP contribution in [0.25, 0.3) is 10.9 Å². The zero-order chi connectivity index (χ0) is 19.8. The van der Waals surface area contributed by atoms with Gasteiger partial charge in [-0.2, -0.15) is 21.0 Å². The zero-order valence-corrected chi connectivity index (χ0v) is 17.6. The Bertz CT molecular complexity index is 928. The van der Waals surface area contributed by atoms with E-state index in [4.69, 9.17) is 4.55 Å². The lowest BCUT2D eigenvalue weighted by Crippen LogP contribution is -2.49. The van der Waals surface area contributed by atoms with E-state index in [1.165, 1.54) is 35.9 Å².